The molecule has 10 heteroatoms. The fourth-order valence-electron chi connectivity index (χ4n) is 1.30. The molecule has 1 aromatic heterocycles. The predicted molar refractivity (Wildman–Crippen MR) is 78.2 cm³/mol. The van der Waals surface area contributed by atoms with Crippen molar-refractivity contribution in [1.82, 2.24) is 14.9 Å². The van der Waals surface area contributed by atoms with Crippen LogP contribution in [0.25, 0.3) is 0 Å². The van der Waals surface area contributed by atoms with Crippen LogP contribution < -0.4 is 16.6 Å². The minimum atomic E-state index is -2.14. The number of carbonyl (C=O) groups is 1. The van der Waals surface area contributed by atoms with Crippen molar-refractivity contribution in [2.45, 2.75) is 30.7 Å². The zero-order valence-electron chi connectivity index (χ0n) is 11.3. The molecule has 0 saturated carbocycles. The Bertz CT molecular complexity index is 658. The third kappa shape index (κ3) is 4.46. The number of hydrogen-bond acceptors (Lipinski definition) is 3. The fraction of sp³-hybridized carbons (Fsp3) is 0.545. The molecule has 1 aromatic rings. The van der Waals surface area contributed by atoms with Crippen LogP contribution in [0.15, 0.2) is 15.8 Å². The first kappa shape index (κ1) is 18.0. The summed E-state index contributed by atoms with van der Waals surface area (Å²) in [5.74, 6) is -1.78. The highest BCUT2D eigenvalue weighted by molar-refractivity contribution is 6.67. The molecule has 21 heavy (non-hydrogen) atoms. The average molecular weight is 361 g/mol. The summed E-state index contributed by atoms with van der Waals surface area (Å²) in [4.78, 5) is 36.5. The van der Waals surface area contributed by atoms with Crippen LogP contribution in [-0.4, -0.2) is 19.3 Å². The van der Waals surface area contributed by atoms with Gasteiger partial charge in [0.15, 0.2) is 6.17 Å². The molecule has 1 heterocycles. The zero-order chi connectivity index (χ0) is 16.6. The highest BCUT2D eigenvalue weighted by atomic mass is 35.6. The average Bonchev–Trinajstić information content (AvgIpc) is 2.28. The normalized spacial score (nSPS) is 13.9. The van der Waals surface area contributed by atoms with Gasteiger partial charge in [0.05, 0.1) is 6.20 Å². The molecular weight excluding hydrogens is 347 g/mol. The van der Waals surface area contributed by atoms with Gasteiger partial charge in [-0.3, -0.25) is 19.1 Å². The van der Waals surface area contributed by atoms with Crippen LogP contribution in [0.3, 0.4) is 0 Å². The standard InChI is InChI=1S/C11H13Cl3FN3O3/c1-10(2,3)8(20)17-7(11(12,13)14)18-4-5(15)6(19)16-9(18)21/h4,7H,1-3H3,(H,17,20)(H,16,19,21). The van der Waals surface area contributed by atoms with Crippen LogP contribution in [-0.2, 0) is 4.79 Å². The van der Waals surface area contributed by atoms with Gasteiger partial charge in [-0.15, -0.1) is 0 Å². The first-order valence-electron chi connectivity index (χ1n) is 5.72. The topological polar surface area (TPSA) is 84.0 Å². The Morgan fingerprint density at radius 3 is 2.29 bits per heavy atom. The molecule has 1 unspecified atom stereocenters. The predicted octanol–water partition coefficient (Wildman–Crippen LogP) is 1.71. The van der Waals surface area contributed by atoms with Crippen LogP contribution in [0.4, 0.5) is 4.39 Å². The molecule has 1 amide bonds. The summed E-state index contributed by atoms with van der Waals surface area (Å²) >= 11 is 17.2. The van der Waals surface area contributed by atoms with E-state index in [2.05, 4.69) is 5.32 Å². The van der Waals surface area contributed by atoms with Gasteiger partial charge in [0.1, 0.15) is 0 Å². The second-order valence-electron chi connectivity index (χ2n) is 5.31. The van der Waals surface area contributed by atoms with Crippen LogP contribution in [0.2, 0.25) is 0 Å². The van der Waals surface area contributed by atoms with Gasteiger partial charge < -0.3 is 5.32 Å². The molecule has 0 aliphatic heterocycles. The summed E-state index contributed by atoms with van der Waals surface area (Å²) in [6.07, 6.45) is -0.926. The van der Waals surface area contributed by atoms with E-state index in [9.17, 15) is 18.8 Å². The number of alkyl halides is 3. The molecule has 0 aliphatic carbocycles. The van der Waals surface area contributed by atoms with E-state index >= 15 is 0 Å². The summed E-state index contributed by atoms with van der Waals surface area (Å²) in [5.41, 5.74) is -3.06. The first-order chi connectivity index (χ1) is 9.34. The van der Waals surface area contributed by atoms with Gasteiger partial charge in [-0.05, 0) is 0 Å². The minimum absolute atomic E-state index is 0.530. The smallest absolute Gasteiger partial charge is 0.330 e. The molecule has 6 nitrogen and oxygen atoms in total. The van der Waals surface area contributed by atoms with Crippen LogP contribution in [0.5, 0.6) is 0 Å². The van der Waals surface area contributed by atoms with Crippen molar-refractivity contribution in [2.75, 3.05) is 0 Å². The Labute approximate surface area is 134 Å². The minimum Gasteiger partial charge on any atom is -0.331 e. The van der Waals surface area contributed by atoms with Crippen molar-refractivity contribution in [2.24, 2.45) is 5.41 Å². The highest BCUT2D eigenvalue weighted by Gasteiger charge is 2.38. The van der Waals surface area contributed by atoms with E-state index < -0.39 is 38.3 Å². The summed E-state index contributed by atoms with van der Waals surface area (Å²) in [5, 5.41) is 2.34. The number of amides is 1. The van der Waals surface area contributed by atoms with Crippen molar-refractivity contribution in [3.05, 3.63) is 32.9 Å². The number of aromatic nitrogens is 2. The summed E-state index contributed by atoms with van der Waals surface area (Å²) in [6, 6.07) is 0. The van der Waals surface area contributed by atoms with Crippen LogP contribution >= 0.6 is 34.8 Å². The first-order valence-corrected chi connectivity index (χ1v) is 6.86. The molecule has 1 rings (SSSR count). The Balaban J connectivity index is 3.35. The van der Waals surface area contributed by atoms with Crippen molar-refractivity contribution < 1.29 is 9.18 Å². The lowest BCUT2D eigenvalue weighted by Gasteiger charge is -2.29. The Hall–Kier alpha value is -1.05. The maximum absolute atomic E-state index is 13.3. The monoisotopic (exact) mass is 359 g/mol. The van der Waals surface area contributed by atoms with Gasteiger partial charge in [-0.1, -0.05) is 55.6 Å². The Morgan fingerprint density at radius 2 is 1.86 bits per heavy atom. The van der Waals surface area contributed by atoms with Crippen molar-refractivity contribution >= 4 is 40.7 Å². The van der Waals surface area contributed by atoms with Gasteiger partial charge in [-0.25, -0.2) is 4.79 Å². The SMILES string of the molecule is CC(C)(C)C(=O)NC(n1cc(F)c(=O)[nH]c1=O)C(Cl)(Cl)Cl. The number of aromatic amines is 1. The Morgan fingerprint density at radius 1 is 1.33 bits per heavy atom. The number of nitrogens with one attached hydrogen (secondary N) is 2. The Kier molecular flexibility index (Phi) is 5.13. The van der Waals surface area contributed by atoms with E-state index in [1.165, 1.54) is 0 Å². The summed E-state index contributed by atoms with van der Waals surface area (Å²) in [6.45, 7) is 4.82. The second kappa shape index (κ2) is 5.98. The number of carbonyl (C=O) groups excluding carboxylic acids is 1. The van der Waals surface area contributed by atoms with Crippen LogP contribution in [0, 0.1) is 11.2 Å². The van der Waals surface area contributed by atoms with E-state index in [4.69, 9.17) is 34.8 Å². The molecule has 0 aliphatic rings. The molecule has 0 radical (unpaired) electrons. The molecule has 0 bridgehead atoms. The van der Waals surface area contributed by atoms with Gasteiger partial charge in [0.25, 0.3) is 5.56 Å². The fourth-order valence-corrected chi connectivity index (χ4v) is 1.78. The van der Waals surface area contributed by atoms with Gasteiger partial charge in [-0.2, -0.15) is 4.39 Å². The molecule has 0 saturated heterocycles. The largest absolute Gasteiger partial charge is 0.331 e. The van der Waals surface area contributed by atoms with Gasteiger partial charge >= 0.3 is 5.69 Å². The van der Waals surface area contributed by atoms with E-state index in [1.807, 2.05) is 0 Å². The molecule has 2 N–H and O–H groups in total. The molecule has 1 atom stereocenters. The molecule has 0 fully saturated rings. The van der Waals surface area contributed by atoms with E-state index in [1.54, 1.807) is 25.8 Å². The quantitative estimate of drug-likeness (QED) is 0.788. The van der Waals surface area contributed by atoms with Gasteiger partial charge in [0.2, 0.25) is 15.5 Å². The summed E-state index contributed by atoms with van der Waals surface area (Å²) < 4.78 is 11.8. The zero-order valence-corrected chi connectivity index (χ0v) is 13.6. The highest BCUT2D eigenvalue weighted by Crippen LogP contribution is 2.36. The third-order valence-electron chi connectivity index (χ3n) is 2.46. The molecule has 0 aromatic carbocycles. The third-order valence-corrected chi connectivity index (χ3v) is 3.08. The lowest BCUT2D eigenvalue weighted by molar-refractivity contribution is -0.129. The lowest BCUT2D eigenvalue weighted by atomic mass is 9.95. The molecule has 118 valence electrons. The number of hydrogen-bond donors (Lipinski definition) is 2. The summed E-state index contributed by atoms with van der Waals surface area (Å²) in [7, 11) is 0. The van der Waals surface area contributed by atoms with E-state index in [0.717, 1.165) is 0 Å². The van der Waals surface area contributed by atoms with Crippen molar-refractivity contribution in [1.29, 1.82) is 0 Å². The number of nitrogens with zero attached hydrogens (tertiary/aromatic N) is 1. The van der Waals surface area contributed by atoms with Crippen molar-refractivity contribution in [3.8, 4) is 0 Å². The molecule has 0 spiro atoms. The number of rotatable bonds is 2. The second-order valence-corrected chi connectivity index (χ2v) is 7.68. The number of halogens is 4. The van der Waals surface area contributed by atoms with Crippen molar-refractivity contribution in [3.63, 3.8) is 0 Å². The van der Waals surface area contributed by atoms with E-state index in [-0.39, 0.29) is 0 Å². The lowest BCUT2D eigenvalue weighted by Crippen LogP contribution is -2.49. The molecular formula is C11H13Cl3FN3O3. The maximum Gasteiger partial charge on any atom is 0.330 e. The van der Waals surface area contributed by atoms with Crippen LogP contribution in [0.1, 0.15) is 26.9 Å². The van der Waals surface area contributed by atoms with E-state index in [0.29, 0.717) is 10.8 Å². The number of H-pyrrole nitrogens is 1. The maximum atomic E-state index is 13.3. The van der Waals surface area contributed by atoms with Gasteiger partial charge in [0, 0.05) is 5.41 Å².